The zero-order chi connectivity index (χ0) is 21.3. The second kappa shape index (κ2) is 8.10. The van der Waals surface area contributed by atoms with Crippen LogP contribution in [0.3, 0.4) is 0 Å². The van der Waals surface area contributed by atoms with Crippen molar-refractivity contribution in [2.45, 2.75) is 25.8 Å². The minimum Gasteiger partial charge on any atom is -0.507 e. The summed E-state index contributed by atoms with van der Waals surface area (Å²) in [5.41, 5.74) is 3.30. The predicted octanol–water partition coefficient (Wildman–Crippen LogP) is 4.14. The van der Waals surface area contributed by atoms with E-state index in [0.29, 0.717) is 35.0 Å². The number of ether oxygens (including phenoxy) is 2. The summed E-state index contributed by atoms with van der Waals surface area (Å²) in [6.45, 7) is 2.72. The molecular weight excluding hydrogens is 382 g/mol. The second-order valence-corrected chi connectivity index (χ2v) is 7.25. The summed E-state index contributed by atoms with van der Waals surface area (Å²) in [6, 6.07) is 12.4. The van der Waals surface area contributed by atoms with Crippen molar-refractivity contribution in [2.75, 3.05) is 20.8 Å². The quantitative estimate of drug-likeness (QED) is 0.614. The van der Waals surface area contributed by atoms with Gasteiger partial charge in [-0.1, -0.05) is 31.5 Å². The molecule has 1 aliphatic heterocycles. The standard InChI is InChI=1S/C23H25N3O4/c1-4-5-12-26-22(14-10-11-17(29-2)18(13-14)30-3)19-20(24-25-21(19)23(26)28)15-8-6-7-9-16(15)27/h6-11,13,22,27H,4-5,12H2,1-3H3,(H,24,25). The van der Waals surface area contributed by atoms with E-state index in [2.05, 4.69) is 17.1 Å². The minimum atomic E-state index is -0.341. The van der Waals surface area contributed by atoms with E-state index in [1.807, 2.05) is 29.2 Å². The summed E-state index contributed by atoms with van der Waals surface area (Å²) in [5.74, 6) is 1.25. The van der Waals surface area contributed by atoms with Crippen LogP contribution in [-0.2, 0) is 0 Å². The topological polar surface area (TPSA) is 87.7 Å². The molecule has 2 aromatic carbocycles. The van der Waals surface area contributed by atoms with Gasteiger partial charge in [-0.3, -0.25) is 9.89 Å². The van der Waals surface area contributed by atoms with Crippen molar-refractivity contribution < 1.29 is 19.4 Å². The highest BCUT2D eigenvalue weighted by atomic mass is 16.5. The Morgan fingerprint density at radius 1 is 1.13 bits per heavy atom. The van der Waals surface area contributed by atoms with Crippen molar-refractivity contribution in [3.8, 4) is 28.5 Å². The van der Waals surface area contributed by atoms with Gasteiger partial charge in [0.1, 0.15) is 17.1 Å². The van der Waals surface area contributed by atoms with E-state index in [1.54, 1.807) is 32.4 Å². The molecule has 7 nitrogen and oxygen atoms in total. The number of aromatic hydroxyl groups is 1. The van der Waals surface area contributed by atoms with E-state index in [9.17, 15) is 9.90 Å². The first-order chi connectivity index (χ1) is 14.6. The Morgan fingerprint density at radius 3 is 2.60 bits per heavy atom. The highest BCUT2D eigenvalue weighted by Crippen LogP contribution is 2.45. The number of hydrogen-bond donors (Lipinski definition) is 2. The Kier molecular flexibility index (Phi) is 5.35. The number of phenols is 1. The Morgan fingerprint density at radius 2 is 1.90 bits per heavy atom. The van der Waals surface area contributed by atoms with Gasteiger partial charge in [0, 0.05) is 17.7 Å². The van der Waals surface area contributed by atoms with Crippen LogP contribution in [0.25, 0.3) is 11.3 Å². The smallest absolute Gasteiger partial charge is 0.273 e. The van der Waals surface area contributed by atoms with Crippen molar-refractivity contribution in [3.05, 3.63) is 59.3 Å². The number of rotatable bonds is 7. The number of fused-ring (bicyclic) bond motifs is 1. The molecule has 3 aromatic rings. The molecule has 1 aliphatic rings. The maximum atomic E-state index is 13.2. The molecule has 2 N–H and O–H groups in total. The van der Waals surface area contributed by atoms with Crippen LogP contribution in [0, 0.1) is 0 Å². The zero-order valence-electron chi connectivity index (χ0n) is 17.3. The number of amides is 1. The molecule has 30 heavy (non-hydrogen) atoms. The molecule has 0 aliphatic carbocycles. The number of unbranched alkanes of at least 4 members (excludes halogenated alkanes) is 1. The molecule has 1 unspecified atom stereocenters. The maximum absolute atomic E-state index is 13.2. The molecule has 2 heterocycles. The number of aromatic nitrogens is 2. The van der Waals surface area contributed by atoms with Crippen LogP contribution in [0.5, 0.6) is 17.2 Å². The molecule has 0 fully saturated rings. The van der Waals surface area contributed by atoms with Gasteiger partial charge in [0.05, 0.1) is 20.3 Å². The van der Waals surface area contributed by atoms with Gasteiger partial charge in [-0.15, -0.1) is 0 Å². The van der Waals surface area contributed by atoms with Crippen molar-refractivity contribution in [1.29, 1.82) is 0 Å². The maximum Gasteiger partial charge on any atom is 0.273 e. The molecule has 0 bridgehead atoms. The highest BCUT2D eigenvalue weighted by molar-refractivity contribution is 6.00. The summed E-state index contributed by atoms with van der Waals surface area (Å²) < 4.78 is 10.9. The van der Waals surface area contributed by atoms with Gasteiger partial charge in [-0.2, -0.15) is 5.10 Å². The van der Waals surface area contributed by atoms with E-state index in [4.69, 9.17) is 9.47 Å². The molecule has 0 saturated heterocycles. The van der Waals surface area contributed by atoms with Crippen LogP contribution in [-0.4, -0.2) is 46.9 Å². The molecule has 0 radical (unpaired) electrons. The summed E-state index contributed by atoms with van der Waals surface area (Å²) in [7, 11) is 3.18. The van der Waals surface area contributed by atoms with E-state index < -0.39 is 0 Å². The average molecular weight is 407 g/mol. The lowest BCUT2D eigenvalue weighted by Crippen LogP contribution is -2.30. The molecule has 156 valence electrons. The Balaban J connectivity index is 1.89. The number of hydrogen-bond acceptors (Lipinski definition) is 5. The Hall–Kier alpha value is -3.48. The molecular formula is C23H25N3O4. The highest BCUT2D eigenvalue weighted by Gasteiger charge is 2.42. The fraction of sp³-hybridized carbons (Fsp3) is 0.304. The van der Waals surface area contributed by atoms with E-state index in [-0.39, 0.29) is 17.7 Å². The van der Waals surface area contributed by atoms with E-state index >= 15 is 0 Å². The van der Waals surface area contributed by atoms with Gasteiger partial charge < -0.3 is 19.5 Å². The van der Waals surface area contributed by atoms with Gasteiger partial charge in [0.15, 0.2) is 11.5 Å². The van der Waals surface area contributed by atoms with Crippen LogP contribution >= 0.6 is 0 Å². The number of H-pyrrole nitrogens is 1. The number of nitrogens with one attached hydrogen (secondary N) is 1. The van der Waals surface area contributed by atoms with Crippen LogP contribution < -0.4 is 9.47 Å². The van der Waals surface area contributed by atoms with Gasteiger partial charge in [-0.25, -0.2) is 0 Å². The lowest BCUT2D eigenvalue weighted by Gasteiger charge is -2.27. The summed E-state index contributed by atoms with van der Waals surface area (Å²) in [6.07, 6.45) is 1.86. The molecule has 7 heteroatoms. The summed E-state index contributed by atoms with van der Waals surface area (Å²) in [4.78, 5) is 15.1. The number of carbonyl (C=O) groups excluding carboxylic acids is 1. The predicted molar refractivity (Wildman–Crippen MR) is 113 cm³/mol. The third-order valence-electron chi connectivity index (χ3n) is 5.50. The van der Waals surface area contributed by atoms with E-state index in [0.717, 1.165) is 24.0 Å². The first-order valence-corrected chi connectivity index (χ1v) is 10.00. The number of methoxy groups -OCH3 is 2. The van der Waals surface area contributed by atoms with Gasteiger partial charge in [-0.05, 0) is 36.2 Å². The van der Waals surface area contributed by atoms with Crippen LogP contribution in [0.15, 0.2) is 42.5 Å². The zero-order valence-corrected chi connectivity index (χ0v) is 17.3. The molecule has 4 rings (SSSR count). The monoisotopic (exact) mass is 407 g/mol. The normalized spacial score (nSPS) is 15.4. The molecule has 0 saturated carbocycles. The number of para-hydroxylation sites is 1. The lowest BCUT2D eigenvalue weighted by atomic mass is 9.95. The summed E-state index contributed by atoms with van der Waals surface area (Å²) in [5, 5.41) is 17.7. The number of benzene rings is 2. The number of aromatic amines is 1. The van der Waals surface area contributed by atoms with Crippen molar-refractivity contribution in [1.82, 2.24) is 15.1 Å². The third-order valence-corrected chi connectivity index (χ3v) is 5.50. The fourth-order valence-corrected chi connectivity index (χ4v) is 4.00. The largest absolute Gasteiger partial charge is 0.507 e. The van der Waals surface area contributed by atoms with Crippen LogP contribution in [0.4, 0.5) is 0 Å². The first kappa shape index (κ1) is 19.8. The number of carbonyl (C=O) groups is 1. The van der Waals surface area contributed by atoms with Crippen LogP contribution in [0.1, 0.15) is 47.4 Å². The van der Waals surface area contributed by atoms with Crippen molar-refractivity contribution in [3.63, 3.8) is 0 Å². The van der Waals surface area contributed by atoms with E-state index in [1.165, 1.54) is 0 Å². The molecule has 1 atom stereocenters. The van der Waals surface area contributed by atoms with Crippen molar-refractivity contribution in [2.24, 2.45) is 0 Å². The van der Waals surface area contributed by atoms with Gasteiger partial charge >= 0.3 is 0 Å². The fourth-order valence-electron chi connectivity index (χ4n) is 4.00. The number of nitrogens with zero attached hydrogens (tertiary/aromatic N) is 2. The Bertz CT molecular complexity index is 1080. The second-order valence-electron chi connectivity index (χ2n) is 7.25. The minimum absolute atomic E-state index is 0.0904. The average Bonchev–Trinajstić information content (AvgIpc) is 3.31. The third kappa shape index (κ3) is 3.16. The first-order valence-electron chi connectivity index (χ1n) is 10.00. The number of phenolic OH excluding ortho intramolecular Hbond substituents is 1. The van der Waals surface area contributed by atoms with Gasteiger partial charge in [0.25, 0.3) is 5.91 Å². The Labute approximate surface area is 175 Å². The SMILES string of the molecule is CCCCN1C(=O)c2[nH]nc(-c3ccccc3O)c2C1c1ccc(OC)c(OC)c1. The molecule has 0 spiro atoms. The molecule has 1 amide bonds. The lowest BCUT2D eigenvalue weighted by molar-refractivity contribution is 0.0741. The van der Waals surface area contributed by atoms with Crippen LogP contribution in [0.2, 0.25) is 0 Å². The molecule has 1 aromatic heterocycles. The van der Waals surface area contributed by atoms with Crippen molar-refractivity contribution >= 4 is 5.91 Å². The summed E-state index contributed by atoms with van der Waals surface area (Å²) >= 11 is 0. The van der Waals surface area contributed by atoms with Gasteiger partial charge in [0.2, 0.25) is 0 Å².